The van der Waals surface area contributed by atoms with Gasteiger partial charge in [0.1, 0.15) is 0 Å². The number of carbonyl (C=O) groups excluding carboxylic acids is 1. The van der Waals surface area contributed by atoms with Crippen molar-refractivity contribution in [2.45, 2.75) is 6.42 Å². The summed E-state index contributed by atoms with van der Waals surface area (Å²) in [6.45, 7) is 6.97. The van der Waals surface area contributed by atoms with Crippen LogP contribution in [0, 0.1) is 0 Å². The molecule has 1 aromatic rings. The van der Waals surface area contributed by atoms with Crippen molar-refractivity contribution in [3.63, 3.8) is 0 Å². The molecular formula is C12H11BrO2. The lowest BCUT2D eigenvalue weighted by Gasteiger charge is -2.03. The third-order valence-electron chi connectivity index (χ3n) is 1.81. The molecule has 0 aliphatic rings. The zero-order valence-corrected chi connectivity index (χ0v) is 9.79. The van der Waals surface area contributed by atoms with Crippen LogP contribution in [0.2, 0.25) is 0 Å². The Morgan fingerprint density at radius 3 is 2.53 bits per heavy atom. The lowest BCUT2D eigenvalue weighted by atomic mass is 10.1. The van der Waals surface area contributed by atoms with Crippen molar-refractivity contribution >= 4 is 21.9 Å². The van der Waals surface area contributed by atoms with Crippen LogP contribution < -0.4 is 0 Å². The van der Waals surface area contributed by atoms with Crippen molar-refractivity contribution in [1.29, 1.82) is 0 Å². The first-order valence-corrected chi connectivity index (χ1v) is 5.17. The molecular weight excluding hydrogens is 256 g/mol. The maximum absolute atomic E-state index is 11.2. The Kier molecular flexibility index (Phi) is 4.31. The lowest BCUT2D eigenvalue weighted by Crippen LogP contribution is -2.05. The van der Waals surface area contributed by atoms with Crippen molar-refractivity contribution in [2.75, 3.05) is 0 Å². The highest BCUT2D eigenvalue weighted by molar-refractivity contribution is 9.10. The first-order valence-electron chi connectivity index (χ1n) is 4.37. The van der Waals surface area contributed by atoms with Crippen molar-refractivity contribution in [1.82, 2.24) is 0 Å². The number of ether oxygens (including phenoxy) is 1. The molecule has 2 nitrogen and oxygen atoms in total. The van der Waals surface area contributed by atoms with E-state index in [0.717, 1.165) is 16.3 Å². The first kappa shape index (κ1) is 11.7. The van der Waals surface area contributed by atoms with Gasteiger partial charge in [-0.15, -0.1) is 0 Å². The molecule has 0 fully saturated rings. The molecule has 3 heteroatoms. The summed E-state index contributed by atoms with van der Waals surface area (Å²) in [4.78, 5) is 11.2. The summed E-state index contributed by atoms with van der Waals surface area (Å²) in [6, 6.07) is 7.69. The van der Waals surface area contributed by atoms with Gasteiger partial charge in [0.2, 0.25) is 0 Å². The smallest absolute Gasteiger partial charge is 0.338 e. The fraction of sp³-hybridized carbons (Fsp3) is 0.0833. The van der Waals surface area contributed by atoms with Gasteiger partial charge in [0.05, 0.1) is 6.26 Å². The maximum Gasteiger partial charge on any atom is 0.338 e. The molecule has 1 aromatic carbocycles. The van der Waals surface area contributed by atoms with E-state index in [2.05, 4.69) is 33.8 Å². The van der Waals surface area contributed by atoms with Crippen LogP contribution in [-0.4, -0.2) is 5.97 Å². The summed E-state index contributed by atoms with van der Waals surface area (Å²) in [7, 11) is 0. The van der Waals surface area contributed by atoms with Gasteiger partial charge in [-0.05, 0) is 17.7 Å². The Morgan fingerprint density at radius 2 is 2.00 bits per heavy atom. The number of hydrogen-bond acceptors (Lipinski definition) is 2. The van der Waals surface area contributed by atoms with E-state index in [1.165, 1.54) is 0 Å². The summed E-state index contributed by atoms with van der Waals surface area (Å²) in [5.74, 6) is -0.437. The highest BCUT2D eigenvalue weighted by Crippen LogP contribution is 2.13. The molecule has 0 spiro atoms. The van der Waals surface area contributed by atoms with E-state index in [1.807, 2.05) is 24.3 Å². The highest BCUT2D eigenvalue weighted by Gasteiger charge is 2.07. The fourth-order valence-corrected chi connectivity index (χ4v) is 1.34. The van der Waals surface area contributed by atoms with Crippen LogP contribution in [-0.2, 0) is 16.0 Å². The van der Waals surface area contributed by atoms with Crippen molar-refractivity contribution in [3.8, 4) is 0 Å². The molecule has 0 heterocycles. The molecule has 0 radical (unpaired) electrons. The molecule has 78 valence electrons. The molecule has 0 saturated carbocycles. The third-order valence-corrected chi connectivity index (χ3v) is 2.34. The molecule has 15 heavy (non-hydrogen) atoms. The van der Waals surface area contributed by atoms with Crippen LogP contribution in [0.1, 0.15) is 5.56 Å². The van der Waals surface area contributed by atoms with Gasteiger partial charge in [0, 0.05) is 16.5 Å². The van der Waals surface area contributed by atoms with E-state index in [1.54, 1.807) is 0 Å². The number of hydrogen-bond donors (Lipinski definition) is 0. The Hall–Kier alpha value is -1.35. The van der Waals surface area contributed by atoms with Crippen LogP contribution >= 0.6 is 15.9 Å². The second-order valence-electron chi connectivity index (χ2n) is 2.98. The van der Waals surface area contributed by atoms with Crippen molar-refractivity contribution in [2.24, 2.45) is 0 Å². The largest absolute Gasteiger partial charge is 0.432 e. The molecule has 0 bridgehead atoms. The van der Waals surface area contributed by atoms with E-state index in [9.17, 15) is 4.79 Å². The zero-order valence-electron chi connectivity index (χ0n) is 8.20. The standard InChI is InChI=1S/C12H11BrO2/c1-3-15-12(14)9(2)8-10-4-6-11(13)7-5-10/h3-7H,1-2,8H2. The van der Waals surface area contributed by atoms with Gasteiger partial charge >= 0.3 is 5.97 Å². The van der Waals surface area contributed by atoms with Crippen LogP contribution in [0.5, 0.6) is 0 Å². The fourth-order valence-electron chi connectivity index (χ4n) is 1.08. The summed E-state index contributed by atoms with van der Waals surface area (Å²) in [5, 5.41) is 0. The minimum absolute atomic E-state index is 0.414. The number of carbonyl (C=O) groups is 1. The summed E-state index contributed by atoms with van der Waals surface area (Å²) >= 11 is 3.34. The van der Waals surface area contributed by atoms with E-state index in [0.29, 0.717) is 12.0 Å². The number of halogens is 1. The zero-order chi connectivity index (χ0) is 11.3. The van der Waals surface area contributed by atoms with Crippen LogP contribution in [0.3, 0.4) is 0 Å². The molecule has 0 unspecified atom stereocenters. The minimum Gasteiger partial charge on any atom is -0.432 e. The number of esters is 1. The SMILES string of the molecule is C=COC(=O)C(=C)Cc1ccc(Br)cc1. The monoisotopic (exact) mass is 266 g/mol. The quantitative estimate of drug-likeness (QED) is 0.475. The molecule has 0 atom stereocenters. The van der Waals surface area contributed by atoms with Crippen LogP contribution in [0.25, 0.3) is 0 Å². The van der Waals surface area contributed by atoms with Gasteiger partial charge in [0.25, 0.3) is 0 Å². The van der Waals surface area contributed by atoms with Crippen molar-refractivity contribution < 1.29 is 9.53 Å². The first-order chi connectivity index (χ1) is 7.13. The summed E-state index contributed by atoms with van der Waals surface area (Å²) < 4.78 is 5.62. The normalized spacial score (nSPS) is 9.40. The molecule has 0 saturated heterocycles. The number of rotatable bonds is 4. The van der Waals surface area contributed by atoms with Crippen LogP contribution in [0.15, 0.2) is 53.7 Å². The van der Waals surface area contributed by atoms with Crippen molar-refractivity contribution in [3.05, 3.63) is 59.3 Å². The minimum atomic E-state index is -0.437. The Bertz CT molecular complexity index is 379. The topological polar surface area (TPSA) is 26.3 Å². The molecule has 0 N–H and O–H groups in total. The van der Waals surface area contributed by atoms with Gasteiger partial charge < -0.3 is 4.74 Å². The van der Waals surface area contributed by atoms with E-state index in [-0.39, 0.29) is 0 Å². The molecule has 0 amide bonds. The van der Waals surface area contributed by atoms with Gasteiger partial charge in [-0.25, -0.2) is 4.79 Å². The summed E-state index contributed by atoms with van der Waals surface area (Å²) in [6.07, 6.45) is 1.59. The second kappa shape index (κ2) is 5.51. The number of benzene rings is 1. The molecule has 1 rings (SSSR count). The third kappa shape index (κ3) is 3.72. The maximum atomic E-state index is 11.2. The lowest BCUT2D eigenvalue weighted by molar-refractivity contribution is -0.133. The van der Waals surface area contributed by atoms with E-state index in [4.69, 9.17) is 0 Å². The van der Waals surface area contributed by atoms with Crippen LogP contribution in [0.4, 0.5) is 0 Å². The van der Waals surface area contributed by atoms with Gasteiger partial charge in [-0.1, -0.05) is 41.2 Å². The predicted octanol–water partition coefficient (Wildman–Crippen LogP) is 3.23. The average Bonchev–Trinajstić information content (AvgIpc) is 2.22. The van der Waals surface area contributed by atoms with Gasteiger partial charge in [-0.2, -0.15) is 0 Å². The molecule has 0 aliphatic heterocycles. The summed E-state index contributed by atoms with van der Waals surface area (Å²) in [5.41, 5.74) is 1.43. The Morgan fingerprint density at radius 1 is 1.40 bits per heavy atom. The van der Waals surface area contributed by atoms with E-state index >= 15 is 0 Å². The second-order valence-corrected chi connectivity index (χ2v) is 3.89. The Labute approximate surface area is 97.4 Å². The van der Waals surface area contributed by atoms with E-state index < -0.39 is 5.97 Å². The average molecular weight is 267 g/mol. The van der Waals surface area contributed by atoms with Gasteiger partial charge in [0.15, 0.2) is 0 Å². The Balaban J connectivity index is 2.62. The molecule has 0 aromatic heterocycles. The predicted molar refractivity (Wildman–Crippen MR) is 63.3 cm³/mol. The highest BCUT2D eigenvalue weighted by atomic mass is 79.9. The molecule has 0 aliphatic carbocycles. The van der Waals surface area contributed by atoms with Gasteiger partial charge in [-0.3, -0.25) is 0 Å².